The third-order valence-electron chi connectivity index (χ3n) is 4.25. The molecule has 0 unspecified atom stereocenters. The van der Waals surface area contributed by atoms with E-state index in [1.54, 1.807) is 35.2 Å². The van der Waals surface area contributed by atoms with Crippen LogP contribution in [0, 0.1) is 5.82 Å². The highest BCUT2D eigenvalue weighted by Gasteiger charge is 2.25. The predicted octanol–water partition coefficient (Wildman–Crippen LogP) is 3.04. The van der Waals surface area contributed by atoms with Crippen molar-refractivity contribution in [2.24, 2.45) is 0 Å². The van der Waals surface area contributed by atoms with Crippen LogP contribution in [0.15, 0.2) is 57.7 Å². The maximum atomic E-state index is 13.0. The van der Waals surface area contributed by atoms with Gasteiger partial charge in [0.05, 0.1) is 6.26 Å². The first kappa shape index (κ1) is 15.4. The van der Waals surface area contributed by atoms with E-state index < -0.39 is 0 Å². The van der Waals surface area contributed by atoms with Gasteiger partial charge < -0.3 is 18.7 Å². The number of nitrogens with zero attached hydrogens (tertiary/aromatic N) is 3. The first-order valence-corrected chi connectivity index (χ1v) is 8.01. The van der Waals surface area contributed by atoms with Crippen molar-refractivity contribution in [3.8, 4) is 11.5 Å². The van der Waals surface area contributed by atoms with Gasteiger partial charge >= 0.3 is 0 Å². The monoisotopic (exact) mass is 341 g/mol. The van der Waals surface area contributed by atoms with Crippen molar-refractivity contribution >= 4 is 11.6 Å². The van der Waals surface area contributed by atoms with Crippen molar-refractivity contribution in [1.29, 1.82) is 0 Å². The summed E-state index contributed by atoms with van der Waals surface area (Å²) in [7, 11) is 0. The lowest BCUT2D eigenvalue weighted by atomic mass is 10.2. The van der Waals surface area contributed by atoms with Crippen molar-refractivity contribution in [3.05, 3.63) is 60.2 Å². The number of hydrogen-bond donors (Lipinski definition) is 0. The van der Waals surface area contributed by atoms with Gasteiger partial charge in [0.15, 0.2) is 11.5 Å². The summed E-state index contributed by atoms with van der Waals surface area (Å²) in [5.74, 6) is 0.544. The van der Waals surface area contributed by atoms with Gasteiger partial charge in [0.1, 0.15) is 5.82 Å². The fraction of sp³-hybridized carbons (Fsp3) is 0.222. The number of carbonyl (C=O) groups excluding carboxylic acids is 1. The Balaban J connectivity index is 1.40. The summed E-state index contributed by atoms with van der Waals surface area (Å²) in [6.45, 7) is 2.50. The average Bonchev–Trinajstić information content (AvgIpc) is 3.33. The Morgan fingerprint density at radius 1 is 1.04 bits per heavy atom. The van der Waals surface area contributed by atoms with Crippen LogP contribution in [-0.4, -0.2) is 42.1 Å². The van der Waals surface area contributed by atoms with E-state index in [1.807, 2.05) is 0 Å². The molecule has 0 atom stereocenters. The van der Waals surface area contributed by atoms with Crippen LogP contribution >= 0.6 is 0 Å². The second-order valence-corrected chi connectivity index (χ2v) is 5.81. The first-order valence-electron chi connectivity index (χ1n) is 8.01. The van der Waals surface area contributed by atoms with Crippen LogP contribution in [0.5, 0.6) is 0 Å². The molecule has 3 heterocycles. The van der Waals surface area contributed by atoms with Crippen molar-refractivity contribution in [2.75, 3.05) is 31.1 Å². The molecule has 1 fully saturated rings. The number of piperazine rings is 1. The zero-order chi connectivity index (χ0) is 17.2. The summed E-state index contributed by atoms with van der Waals surface area (Å²) in [5, 5.41) is 3.85. The summed E-state index contributed by atoms with van der Waals surface area (Å²) in [4.78, 5) is 16.4. The van der Waals surface area contributed by atoms with E-state index >= 15 is 0 Å². The van der Waals surface area contributed by atoms with Crippen LogP contribution < -0.4 is 4.90 Å². The highest BCUT2D eigenvalue weighted by Crippen LogP contribution is 2.22. The summed E-state index contributed by atoms with van der Waals surface area (Å²) < 4.78 is 23.4. The second-order valence-electron chi connectivity index (χ2n) is 5.81. The molecule has 0 saturated carbocycles. The Labute approximate surface area is 143 Å². The molecule has 1 aliphatic heterocycles. The standard InChI is InChI=1S/C18H16FN3O3/c19-13-3-5-14(6-4-13)21-7-9-22(10-8-21)18(23)15-12-17(25-20-15)16-2-1-11-24-16/h1-6,11-12H,7-10H2. The number of amides is 1. The minimum absolute atomic E-state index is 0.166. The van der Waals surface area contributed by atoms with Crippen molar-refractivity contribution in [2.45, 2.75) is 0 Å². The molecule has 1 aliphatic rings. The van der Waals surface area contributed by atoms with E-state index in [1.165, 1.54) is 18.4 Å². The number of furan rings is 1. The number of hydrogen-bond acceptors (Lipinski definition) is 5. The van der Waals surface area contributed by atoms with Crippen molar-refractivity contribution in [1.82, 2.24) is 10.1 Å². The first-order chi connectivity index (χ1) is 12.2. The van der Waals surface area contributed by atoms with E-state index in [0.29, 0.717) is 37.7 Å². The van der Waals surface area contributed by atoms with Gasteiger partial charge in [0.25, 0.3) is 5.91 Å². The molecule has 1 amide bonds. The Hall–Kier alpha value is -3.09. The van der Waals surface area contributed by atoms with E-state index in [-0.39, 0.29) is 17.4 Å². The molecule has 6 nitrogen and oxygen atoms in total. The maximum absolute atomic E-state index is 13.0. The Bertz CT molecular complexity index is 850. The van der Waals surface area contributed by atoms with Gasteiger partial charge in [0, 0.05) is 37.9 Å². The summed E-state index contributed by atoms with van der Waals surface area (Å²) in [6, 6.07) is 11.5. The number of anilines is 1. The van der Waals surface area contributed by atoms with Gasteiger partial charge in [-0.1, -0.05) is 5.16 Å². The fourth-order valence-electron chi connectivity index (χ4n) is 2.89. The van der Waals surface area contributed by atoms with Crippen LogP contribution in [0.25, 0.3) is 11.5 Å². The lowest BCUT2D eigenvalue weighted by molar-refractivity contribution is 0.0736. The Morgan fingerprint density at radius 3 is 2.48 bits per heavy atom. The van der Waals surface area contributed by atoms with E-state index in [0.717, 1.165) is 5.69 Å². The van der Waals surface area contributed by atoms with Crippen LogP contribution in [-0.2, 0) is 0 Å². The average molecular weight is 341 g/mol. The summed E-state index contributed by atoms with van der Waals surface area (Å²) in [5.41, 5.74) is 1.22. The largest absolute Gasteiger partial charge is 0.461 e. The van der Waals surface area contributed by atoms with Gasteiger partial charge in [-0.05, 0) is 36.4 Å². The molecule has 0 bridgehead atoms. The van der Waals surface area contributed by atoms with Gasteiger partial charge in [0.2, 0.25) is 5.76 Å². The molecule has 0 radical (unpaired) electrons. The van der Waals surface area contributed by atoms with Crippen LogP contribution in [0.3, 0.4) is 0 Å². The maximum Gasteiger partial charge on any atom is 0.276 e. The highest BCUT2D eigenvalue weighted by molar-refractivity contribution is 5.93. The minimum atomic E-state index is -0.254. The van der Waals surface area contributed by atoms with Crippen molar-refractivity contribution in [3.63, 3.8) is 0 Å². The lowest BCUT2D eigenvalue weighted by Crippen LogP contribution is -2.48. The van der Waals surface area contributed by atoms with Crippen LogP contribution in [0.2, 0.25) is 0 Å². The molecule has 0 spiro atoms. The highest BCUT2D eigenvalue weighted by atomic mass is 19.1. The Morgan fingerprint density at radius 2 is 1.80 bits per heavy atom. The van der Waals surface area contributed by atoms with Crippen LogP contribution in [0.1, 0.15) is 10.5 Å². The zero-order valence-corrected chi connectivity index (χ0v) is 13.4. The molecule has 4 rings (SSSR count). The molecular formula is C18H16FN3O3. The number of aromatic nitrogens is 1. The summed E-state index contributed by atoms with van der Waals surface area (Å²) >= 11 is 0. The third kappa shape index (κ3) is 3.13. The van der Waals surface area contributed by atoms with Gasteiger partial charge in [-0.25, -0.2) is 4.39 Å². The number of rotatable bonds is 3. The molecule has 2 aromatic heterocycles. The number of carbonyl (C=O) groups is 1. The van der Waals surface area contributed by atoms with Gasteiger partial charge in [-0.15, -0.1) is 0 Å². The van der Waals surface area contributed by atoms with Gasteiger partial charge in [-0.2, -0.15) is 0 Å². The van der Waals surface area contributed by atoms with Crippen molar-refractivity contribution < 1.29 is 18.1 Å². The predicted molar refractivity (Wildman–Crippen MR) is 88.7 cm³/mol. The summed E-state index contributed by atoms with van der Waals surface area (Å²) in [6.07, 6.45) is 1.54. The molecular weight excluding hydrogens is 325 g/mol. The van der Waals surface area contributed by atoms with E-state index in [9.17, 15) is 9.18 Å². The number of halogens is 1. The molecule has 1 saturated heterocycles. The van der Waals surface area contributed by atoms with Gasteiger partial charge in [-0.3, -0.25) is 4.79 Å². The zero-order valence-electron chi connectivity index (χ0n) is 13.4. The fourth-order valence-corrected chi connectivity index (χ4v) is 2.89. The Kier molecular flexibility index (Phi) is 3.97. The molecule has 128 valence electrons. The van der Waals surface area contributed by atoms with Crippen LogP contribution in [0.4, 0.5) is 10.1 Å². The molecule has 25 heavy (non-hydrogen) atoms. The molecule has 7 heteroatoms. The smallest absolute Gasteiger partial charge is 0.276 e. The van der Waals surface area contributed by atoms with E-state index in [2.05, 4.69) is 10.1 Å². The molecule has 0 N–H and O–H groups in total. The topological polar surface area (TPSA) is 62.7 Å². The normalized spacial score (nSPS) is 14.8. The third-order valence-corrected chi connectivity index (χ3v) is 4.25. The quantitative estimate of drug-likeness (QED) is 0.733. The molecule has 0 aliphatic carbocycles. The molecule has 3 aromatic rings. The number of benzene rings is 1. The lowest BCUT2D eigenvalue weighted by Gasteiger charge is -2.35. The minimum Gasteiger partial charge on any atom is -0.461 e. The van der Waals surface area contributed by atoms with E-state index in [4.69, 9.17) is 8.94 Å². The molecule has 1 aromatic carbocycles. The second kappa shape index (κ2) is 6.43. The SMILES string of the molecule is O=C(c1cc(-c2ccco2)on1)N1CCN(c2ccc(F)cc2)CC1.